The van der Waals surface area contributed by atoms with Crippen molar-refractivity contribution in [3.05, 3.63) is 197 Å². The first-order valence-electron chi connectivity index (χ1n) is 45.4. The van der Waals surface area contributed by atoms with Gasteiger partial charge in [0.15, 0.2) is 0 Å². The molecule has 2 amide bonds. The molecule has 2 rings (SSSR count). The molecule has 33 nitrogen and oxygen atoms in total. The first-order chi connectivity index (χ1) is 64.6. The van der Waals surface area contributed by atoms with Gasteiger partial charge in [0.25, 0.3) is 11.8 Å². The van der Waals surface area contributed by atoms with Gasteiger partial charge in [-0.1, -0.05) is 215 Å². The van der Waals surface area contributed by atoms with E-state index in [1.165, 1.54) is 18.2 Å². The van der Waals surface area contributed by atoms with Gasteiger partial charge in [0, 0.05) is 86.7 Å². The third-order valence-electron chi connectivity index (χ3n) is 19.9. The molecule has 0 heterocycles. The third-order valence-corrected chi connectivity index (χ3v) is 19.9. The summed E-state index contributed by atoms with van der Waals surface area (Å²) in [4.78, 5) is 199. The van der Waals surface area contributed by atoms with Gasteiger partial charge < -0.3 is 81.7 Å². The zero-order chi connectivity index (χ0) is 106. The molecule has 772 valence electrons. The number of carbonyl (C=O) groups is 16. The molecule has 2 N–H and O–H groups in total. The summed E-state index contributed by atoms with van der Waals surface area (Å²) in [7, 11) is 0. The average molecular weight is 1950 g/mol. The fraction of sp³-hybridized carbons (Fsp3) is 0.547. The van der Waals surface area contributed by atoms with Crippen LogP contribution in [0.25, 0.3) is 0 Å². The van der Waals surface area contributed by atoms with Crippen LogP contribution in [0.3, 0.4) is 0 Å². The summed E-state index contributed by atoms with van der Waals surface area (Å²) in [6.45, 7) is 65.8. The van der Waals surface area contributed by atoms with E-state index in [2.05, 4.69) is 118 Å². The fourth-order valence-corrected chi connectivity index (χ4v) is 13.6. The Bertz CT molecular complexity index is 4400. The molecule has 2 aromatic rings. The van der Waals surface area contributed by atoms with Gasteiger partial charge in [-0.2, -0.15) is 0 Å². The van der Waals surface area contributed by atoms with Crippen LogP contribution in [0.5, 0.6) is 0 Å². The molecule has 0 fully saturated rings. The van der Waals surface area contributed by atoms with E-state index < -0.39 is 156 Å². The highest BCUT2D eigenvalue weighted by atomic mass is 16.6. The van der Waals surface area contributed by atoms with Crippen molar-refractivity contribution in [2.24, 2.45) is 59.6 Å². The molecule has 0 unspecified atom stereocenters. The lowest BCUT2D eigenvalue weighted by Crippen LogP contribution is -2.46. The van der Waals surface area contributed by atoms with Gasteiger partial charge in [0.05, 0.1) is 82.2 Å². The molecule has 0 saturated carbocycles. The molecule has 0 aliphatic heterocycles. The summed E-state index contributed by atoms with van der Waals surface area (Å²) in [6.07, 6.45) is 14.0. The summed E-state index contributed by atoms with van der Waals surface area (Å²) < 4.78 is 82.9. The standard InChI is InChI=1S/C40H55NO12.C37H56O12.C29H41NO7/c1-11-31(42)49-24-39(21-38(8,9)10,25-50-32(43)12-2)22-48-23-40(26-51-33(44)13-3,27-52-34(45)14-4)28-53-36(47)30-18-16-15-17-29(30)35(46)41-20-19-37(5,6)7;1-11-29(39)45-23-36(20-35(8,9)10,24-46-30(40)12-2)21-44-22-37(25-47-31(41)13-3,26-48-32(42)14-4)27-49-33(43)18-17-28(38)16-15-19-34(5,6)7;1-9-23(31)35-18-29(17-28(6,7)8,19-36-24(32)10-2)20-37-26(34)22-14-12-11-13-21(22)25(33)30-16-15-27(3,4)5/h11-18H,1-4,19-28H2,5-10H3,(H,41,46);11-14H,1-4,15-27H2,5-10H3;9-14H,1-2,15-20H2,3-8H3,(H,30,33). The maximum absolute atomic E-state index is 13.6. The van der Waals surface area contributed by atoms with E-state index in [1.54, 1.807) is 30.3 Å². The van der Waals surface area contributed by atoms with Gasteiger partial charge in [-0.05, 0) is 102 Å². The van der Waals surface area contributed by atoms with Crippen LogP contribution in [0.4, 0.5) is 0 Å². The highest BCUT2D eigenvalue weighted by molar-refractivity contribution is 6.06. The number of benzene rings is 2. The van der Waals surface area contributed by atoms with Crippen LogP contribution >= 0.6 is 0 Å². The number of amides is 2. The van der Waals surface area contributed by atoms with Crippen LogP contribution in [-0.2, 0) is 129 Å². The van der Waals surface area contributed by atoms with Gasteiger partial charge >= 0.3 is 77.6 Å². The first-order valence-corrected chi connectivity index (χ1v) is 45.4. The Labute approximate surface area is 820 Å². The number of esters is 13. The first kappa shape index (κ1) is 126. The molecule has 0 spiro atoms. The van der Waals surface area contributed by atoms with E-state index in [0.717, 1.165) is 73.6 Å². The molecule has 0 aliphatic rings. The summed E-state index contributed by atoms with van der Waals surface area (Å²) in [5.41, 5.74) is -6.83. The minimum absolute atomic E-state index is 0.00838. The van der Waals surface area contributed by atoms with Crippen LogP contribution in [0.15, 0.2) is 175 Å². The highest BCUT2D eigenvalue weighted by Gasteiger charge is 2.46. The molecule has 2 aromatic carbocycles. The van der Waals surface area contributed by atoms with Crippen molar-refractivity contribution in [1.29, 1.82) is 0 Å². The van der Waals surface area contributed by atoms with Crippen molar-refractivity contribution in [2.45, 2.75) is 189 Å². The van der Waals surface area contributed by atoms with Crippen LogP contribution in [0.2, 0.25) is 0 Å². The predicted molar refractivity (Wildman–Crippen MR) is 522 cm³/mol. The lowest BCUT2D eigenvalue weighted by Gasteiger charge is -2.39. The SMILES string of the molecule is C=CC(=O)OCC(COC(=O)C=C)(COC(=O)c1ccccc1C(=O)NCCC(C)(C)C)CC(C)(C)C.C=CC(=O)OCC(COCC(COC(=O)C=C)(COC(=O)C=C)CC(C)(C)C)(COC(=O)C=C)COC(=O)CCC(=O)CCCC(C)(C)C.C=CC(=O)OCC(COCC(COC(=O)C=C)(COC(=O)C=C)CC(C)(C)C)(COC(=O)C=C)COC(=O)c1ccccc1C(=O)NCCC(C)(C)C. The Hall–Kier alpha value is -12.5. The normalized spacial score (nSPS) is 11.7. The van der Waals surface area contributed by atoms with E-state index in [9.17, 15) is 76.7 Å². The number of ether oxygens (including phenoxy) is 15. The van der Waals surface area contributed by atoms with Crippen molar-refractivity contribution < 1.29 is 148 Å². The maximum Gasteiger partial charge on any atom is 0.338 e. The minimum Gasteiger partial charge on any atom is -0.465 e. The molecular weight excluding hydrogens is 1800 g/mol. The highest BCUT2D eigenvalue weighted by Crippen LogP contribution is 2.40. The lowest BCUT2D eigenvalue weighted by atomic mass is 9.75. The number of carbonyl (C=O) groups excluding carboxylic acids is 16. The average Bonchev–Trinajstić information content (AvgIpc) is 0.819. The third kappa shape index (κ3) is 56.8. The van der Waals surface area contributed by atoms with Crippen LogP contribution in [0, 0.1) is 59.6 Å². The zero-order valence-corrected chi connectivity index (χ0v) is 85.1. The van der Waals surface area contributed by atoms with Crippen molar-refractivity contribution in [3.8, 4) is 0 Å². The second kappa shape index (κ2) is 61.7. The molecule has 0 aliphatic carbocycles. The molecule has 0 radical (unpaired) electrons. The number of Topliss-reactive ketones (excluding diaryl/α,β-unsaturated/α-hetero) is 1. The van der Waals surface area contributed by atoms with Crippen molar-refractivity contribution in [2.75, 3.05) is 125 Å². The van der Waals surface area contributed by atoms with Gasteiger partial charge in [-0.25, -0.2) is 57.5 Å². The van der Waals surface area contributed by atoms with Crippen molar-refractivity contribution in [1.82, 2.24) is 10.6 Å². The topological polar surface area (TPSA) is 436 Å². The minimum atomic E-state index is -1.53. The summed E-state index contributed by atoms with van der Waals surface area (Å²) in [6, 6.07) is 12.5. The molecule has 139 heavy (non-hydrogen) atoms. The predicted octanol–water partition coefficient (Wildman–Crippen LogP) is 15.7. The number of rotatable bonds is 61. The Morgan fingerprint density at radius 1 is 0.245 bits per heavy atom. The second-order valence-electron chi connectivity index (χ2n) is 41.3. The summed E-state index contributed by atoms with van der Waals surface area (Å²) >= 11 is 0. The van der Waals surface area contributed by atoms with E-state index in [1.807, 2.05) is 83.1 Å². The molecule has 0 aromatic heterocycles. The van der Waals surface area contributed by atoms with Crippen LogP contribution < -0.4 is 10.6 Å². The quantitative estimate of drug-likeness (QED) is 0.0353. The van der Waals surface area contributed by atoms with Crippen LogP contribution in [-0.4, -0.2) is 221 Å². The Morgan fingerprint density at radius 3 is 0.691 bits per heavy atom. The largest absolute Gasteiger partial charge is 0.465 e. The Morgan fingerprint density at radius 2 is 0.453 bits per heavy atom. The summed E-state index contributed by atoms with van der Waals surface area (Å²) in [5, 5.41) is 5.68. The number of nitrogens with one attached hydrogen (secondary N) is 2. The number of hydrogen-bond donors (Lipinski definition) is 2. The number of ketones is 1. The molecule has 0 saturated heterocycles. The summed E-state index contributed by atoms with van der Waals surface area (Å²) in [5.74, 6) is -10.6. The van der Waals surface area contributed by atoms with E-state index in [-0.39, 0.29) is 147 Å². The number of hydrogen-bond acceptors (Lipinski definition) is 31. The Kier molecular flexibility index (Phi) is 56.2. The molecule has 33 heteroatoms. The van der Waals surface area contributed by atoms with E-state index in [4.69, 9.17) is 71.1 Å². The van der Waals surface area contributed by atoms with Gasteiger partial charge in [0.2, 0.25) is 0 Å². The molecule has 0 atom stereocenters. The molecular formula is C106H152N2O31. The van der Waals surface area contributed by atoms with E-state index in [0.29, 0.717) is 51.6 Å². The second-order valence-corrected chi connectivity index (χ2v) is 41.3. The maximum atomic E-state index is 13.6. The van der Waals surface area contributed by atoms with E-state index >= 15 is 0 Å². The Balaban J connectivity index is 0.00000209. The van der Waals surface area contributed by atoms with Crippen molar-refractivity contribution >= 4 is 95.2 Å². The van der Waals surface area contributed by atoms with Gasteiger partial charge in [-0.15, -0.1) is 0 Å². The monoisotopic (exact) mass is 1950 g/mol. The smallest absolute Gasteiger partial charge is 0.338 e. The fourth-order valence-electron chi connectivity index (χ4n) is 13.6. The van der Waals surface area contributed by atoms with Gasteiger partial charge in [-0.3, -0.25) is 19.2 Å². The lowest BCUT2D eigenvalue weighted by molar-refractivity contribution is -0.170. The van der Waals surface area contributed by atoms with Gasteiger partial charge in [0.1, 0.15) is 91.7 Å². The van der Waals surface area contributed by atoms with Crippen molar-refractivity contribution in [3.63, 3.8) is 0 Å². The zero-order valence-electron chi connectivity index (χ0n) is 85.1. The molecule has 0 bridgehead atoms. The van der Waals surface area contributed by atoms with Crippen LogP contribution in [0.1, 0.15) is 230 Å².